The number of carbonyl (C=O) groups is 1. The van der Waals surface area contributed by atoms with Gasteiger partial charge >= 0.3 is 0 Å². The molecule has 3 nitrogen and oxygen atoms in total. The van der Waals surface area contributed by atoms with Crippen molar-refractivity contribution in [2.75, 3.05) is 25.1 Å². The highest BCUT2D eigenvalue weighted by molar-refractivity contribution is 7.99. The van der Waals surface area contributed by atoms with Crippen molar-refractivity contribution in [2.24, 2.45) is 0 Å². The van der Waals surface area contributed by atoms with Crippen LogP contribution >= 0.6 is 11.8 Å². The molecule has 1 aliphatic rings. The lowest BCUT2D eigenvalue weighted by Gasteiger charge is -2.36. The normalized spacial score (nSPS) is 18.7. The van der Waals surface area contributed by atoms with Crippen molar-refractivity contribution >= 4 is 17.7 Å². The molecule has 1 N–H and O–H groups in total. The summed E-state index contributed by atoms with van der Waals surface area (Å²) in [5.41, 5.74) is 1.37. The predicted octanol–water partition coefficient (Wildman–Crippen LogP) is 2.69. The lowest BCUT2D eigenvalue weighted by atomic mass is 10.0. The Kier molecular flexibility index (Phi) is 5.92. The topological polar surface area (TPSA) is 32.3 Å². The Morgan fingerprint density at radius 1 is 1.35 bits per heavy atom. The molecule has 1 atom stereocenters. The van der Waals surface area contributed by atoms with E-state index in [9.17, 15) is 4.79 Å². The highest BCUT2D eigenvalue weighted by Gasteiger charge is 2.24. The Balaban J connectivity index is 1.81. The molecule has 0 spiro atoms. The number of nitrogens with one attached hydrogen (secondary N) is 1. The molecule has 0 aromatic heterocycles. The standard InChI is InChI=1S/C16H24N2OS/c1-13(14-6-4-3-5-7-14)18-10-8-15(9-11-18)17-16(19)12-20-2/h3-7,13,15H,8-12H2,1-2H3,(H,17,19). The van der Waals surface area contributed by atoms with Crippen LogP contribution in [0.15, 0.2) is 30.3 Å². The fourth-order valence-corrected chi connectivity index (χ4v) is 3.12. The summed E-state index contributed by atoms with van der Waals surface area (Å²) in [5.74, 6) is 0.743. The highest BCUT2D eigenvalue weighted by Crippen LogP contribution is 2.23. The lowest BCUT2D eigenvalue weighted by Crippen LogP contribution is -2.45. The van der Waals surface area contributed by atoms with Gasteiger partial charge in [-0.1, -0.05) is 30.3 Å². The Labute approximate surface area is 126 Å². The molecular weight excluding hydrogens is 268 g/mol. The number of piperidine rings is 1. The largest absolute Gasteiger partial charge is 0.353 e. The highest BCUT2D eigenvalue weighted by atomic mass is 32.2. The van der Waals surface area contributed by atoms with Crippen molar-refractivity contribution < 1.29 is 4.79 Å². The van der Waals surface area contributed by atoms with E-state index in [0.29, 0.717) is 17.8 Å². The van der Waals surface area contributed by atoms with Crippen LogP contribution in [0.1, 0.15) is 31.4 Å². The van der Waals surface area contributed by atoms with Gasteiger partial charge in [0.1, 0.15) is 0 Å². The van der Waals surface area contributed by atoms with Gasteiger partial charge in [-0.3, -0.25) is 9.69 Å². The van der Waals surface area contributed by atoms with Crippen LogP contribution in [0.25, 0.3) is 0 Å². The van der Waals surface area contributed by atoms with Gasteiger partial charge in [0.2, 0.25) is 5.91 Å². The third-order valence-electron chi connectivity index (χ3n) is 4.00. The quantitative estimate of drug-likeness (QED) is 0.905. The molecule has 4 heteroatoms. The predicted molar refractivity (Wildman–Crippen MR) is 86.0 cm³/mol. The molecule has 0 radical (unpaired) electrons. The number of carbonyl (C=O) groups excluding carboxylic acids is 1. The first-order chi connectivity index (χ1) is 9.70. The van der Waals surface area contributed by atoms with E-state index in [1.807, 2.05) is 6.26 Å². The fourth-order valence-electron chi connectivity index (χ4n) is 2.77. The molecule has 1 unspecified atom stereocenters. The molecule has 0 bridgehead atoms. The summed E-state index contributed by atoms with van der Waals surface area (Å²) in [7, 11) is 0. The van der Waals surface area contributed by atoms with E-state index in [-0.39, 0.29) is 5.91 Å². The second-order valence-corrected chi connectivity index (χ2v) is 6.26. The van der Waals surface area contributed by atoms with Gasteiger partial charge in [-0.25, -0.2) is 0 Å². The van der Waals surface area contributed by atoms with Crippen molar-refractivity contribution in [3.63, 3.8) is 0 Å². The van der Waals surface area contributed by atoms with Gasteiger partial charge in [0.25, 0.3) is 0 Å². The zero-order valence-corrected chi connectivity index (χ0v) is 13.2. The summed E-state index contributed by atoms with van der Waals surface area (Å²) in [4.78, 5) is 14.1. The van der Waals surface area contributed by atoms with Gasteiger partial charge in [0.05, 0.1) is 5.75 Å². The summed E-state index contributed by atoms with van der Waals surface area (Å²) >= 11 is 1.58. The molecule has 1 aromatic rings. The second-order valence-electron chi connectivity index (χ2n) is 5.40. The van der Waals surface area contributed by atoms with Crippen LogP contribution in [0.2, 0.25) is 0 Å². The SMILES string of the molecule is CSCC(=O)NC1CCN(C(C)c2ccccc2)CC1. The van der Waals surface area contributed by atoms with Crippen LogP contribution in [0, 0.1) is 0 Å². The number of thioether (sulfide) groups is 1. The van der Waals surface area contributed by atoms with Crippen molar-refractivity contribution in [3.8, 4) is 0 Å². The van der Waals surface area contributed by atoms with Gasteiger partial charge < -0.3 is 5.32 Å². The maximum atomic E-state index is 11.6. The Bertz CT molecular complexity index is 416. The smallest absolute Gasteiger partial charge is 0.230 e. The van der Waals surface area contributed by atoms with Crippen LogP contribution in [-0.4, -0.2) is 41.9 Å². The molecular formula is C16H24N2OS. The van der Waals surface area contributed by atoms with Crippen LogP contribution in [0.4, 0.5) is 0 Å². The molecule has 110 valence electrons. The molecule has 1 heterocycles. The third kappa shape index (κ3) is 4.25. The molecule has 2 rings (SSSR count). The Hall–Kier alpha value is -1.00. The lowest BCUT2D eigenvalue weighted by molar-refractivity contribution is -0.119. The molecule has 20 heavy (non-hydrogen) atoms. The summed E-state index contributed by atoms with van der Waals surface area (Å²) in [6, 6.07) is 11.5. The van der Waals surface area contributed by atoms with E-state index in [1.165, 1.54) is 5.56 Å². The fraction of sp³-hybridized carbons (Fsp3) is 0.562. The summed E-state index contributed by atoms with van der Waals surface area (Å²) in [5, 5.41) is 3.13. The van der Waals surface area contributed by atoms with Crippen molar-refractivity contribution in [2.45, 2.75) is 31.8 Å². The third-order valence-corrected chi connectivity index (χ3v) is 4.55. The number of hydrogen-bond acceptors (Lipinski definition) is 3. The average Bonchev–Trinajstić information content (AvgIpc) is 2.48. The zero-order valence-electron chi connectivity index (χ0n) is 12.3. The minimum absolute atomic E-state index is 0.173. The van der Waals surface area contributed by atoms with Crippen LogP contribution in [-0.2, 0) is 4.79 Å². The van der Waals surface area contributed by atoms with E-state index >= 15 is 0 Å². The molecule has 1 aliphatic heterocycles. The van der Waals surface area contributed by atoms with Crippen molar-refractivity contribution in [3.05, 3.63) is 35.9 Å². The first-order valence-corrected chi connectivity index (χ1v) is 8.67. The van der Waals surface area contributed by atoms with Crippen molar-refractivity contribution in [1.29, 1.82) is 0 Å². The van der Waals surface area contributed by atoms with Crippen LogP contribution in [0.5, 0.6) is 0 Å². The number of rotatable bonds is 5. The first kappa shape index (κ1) is 15.4. The van der Waals surface area contributed by atoms with Gasteiger partial charge in [0, 0.05) is 25.2 Å². The van der Waals surface area contributed by atoms with Crippen LogP contribution < -0.4 is 5.32 Å². The maximum Gasteiger partial charge on any atom is 0.230 e. The van der Waals surface area contributed by atoms with Gasteiger partial charge in [0.15, 0.2) is 0 Å². The summed E-state index contributed by atoms with van der Waals surface area (Å²) in [6.45, 7) is 4.38. The van der Waals surface area contributed by atoms with E-state index in [0.717, 1.165) is 25.9 Å². The van der Waals surface area contributed by atoms with Gasteiger partial charge in [-0.15, -0.1) is 0 Å². The molecule has 1 aromatic carbocycles. The molecule has 0 aliphatic carbocycles. The summed E-state index contributed by atoms with van der Waals surface area (Å²) < 4.78 is 0. The molecule has 0 saturated carbocycles. The molecule has 1 saturated heterocycles. The molecule has 1 fully saturated rings. The first-order valence-electron chi connectivity index (χ1n) is 7.28. The van der Waals surface area contributed by atoms with E-state index in [2.05, 4.69) is 47.5 Å². The maximum absolute atomic E-state index is 11.6. The van der Waals surface area contributed by atoms with Crippen molar-refractivity contribution in [1.82, 2.24) is 10.2 Å². The number of nitrogens with zero attached hydrogens (tertiary/aromatic N) is 1. The number of benzene rings is 1. The number of hydrogen-bond donors (Lipinski definition) is 1. The number of amides is 1. The van der Waals surface area contributed by atoms with E-state index in [1.54, 1.807) is 11.8 Å². The average molecular weight is 292 g/mol. The van der Waals surface area contributed by atoms with Gasteiger partial charge in [-0.2, -0.15) is 11.8 Å². The minimum Gasteiger partial charge on any atom is -0.353 e. The zero-order chi connectivity index (χ0) is 14.4. The monoisotopic (exact) mass is 292 g/mol. The van der Waals surface area contributed by atoms with Gasteiger partial charge in [-0.05, 0) is 31.6 Å². The minimum atomic E-state index is 0.173. The Morgan fingerprint density at radius 3 is 2.60 bits per heavy atom. The number of likely N-dealkylation sites (tertiary alicyclic amines) is 1. The van der Waals surface area contributed by atoms with E-state index < -0.39 is 0 Å². The van der Waals surface area contributed by atoms with Crippen LogP contribution in [0.3, 0.4) is 0 Å². The Morgan fingerprint density at radius 2 is 2.00 bits per heavy atom. The summed E-state index contributed by atoms with van der Waals surface area (Å²) in [6.07, 6.45) is 4.07. The molecule has 1 amide bonds. The second kappa shape index (κ2) is 7.70. The van der Waals surface area contributed by atoms with E-state index in [4.69, 9.17) is 0 Å².